The van der Waals surface area contributed by atoms with E-state index in [4.69, 9.17) is 5.73 Å². The van der Waals surface area contributed by atoms with Crippen molar-refractivity contribution < 1.29 is 4.79 Å². The Balaban J connectivity index is 2.09. The van der Waals surface area contributed by atoms with Gasteiger partial charge in [0, 0.05) is 43.6 Å². The van der Waals surface area contributed by atoms with E-state index in [0.29, 0.717) is 11.6 Å². The Labute approximate surface area is 145 Å². The van der Waals surface area contributed by atoms with Crippen LogP contribution in [0.2, 0.25) is 0 Å². The van der Waals surface area contributed by atoms with Crippen LogP contribution in [0.1, 0.15) is 12.5 Å². The van der Waals surface area contributed by atoms with E-state index in [1.165, 1.54) is 4.90 Å². The number of anilines is 2. The first-order valence-electron chi connectivity index (χ1n) is 7.97. The summed E-state index contributed by atoms with van der Waals surface area (Å²) in [5.74, 6) is 0.862. The van der Waals surface area contributed by atoms with Gasteiger partial charge in [0.1, 0.15) is 11.6 Å². The molecule has 0 radical (unpaired) electrons. The Morgan fingerprint density at radius 1 is 1.28 bits per heavy atom. The number of aryl methyl sites for hydroxylation is 1. The highest BCUT2D eigenvalue weighted by molar-refractivity contribution is 5.96. The molecular formula is C18H20N6O. The van der Waals surface area contributed by atoms with Crippen molar-refractivity contribution in [2.24, 2.45) is 0 Å². The number of nitrogen functional groups attached to an aromatic ring is 1. The molecule has 0 aliphatic carbocycles. The lowest BCUT2D eigenvalue weighted by Gasteiger charge is -2.13. The minimum Gasteiger partial charge on any atom is -0.383 e. The Hall–Kier alpha value is -3.22. The highest BCUT2D eigenvalue weighted by Crippen LogP contribution is 2.29. The number of hydrogen-bond acceptors (Lipinski definition) is 5. The molecular weight excluding hydrogens is 316 g/mol. The average Bonchev–Trinajstić information content (AvgIpc) is 2.61. The molecule has 0 bridgehead atoms. The van der Waals surface area contributed by atoms with Crippen LogP contribution >= 0.6 is 0 Å². The van der Waals surface area contributed by atoms with Crippen LogP contribution in [0.4, 0.5) is 16.4 Å². The first kappa shape index (κ1) is 16.6. The number of aromatic nitrogens is 3. The Bertz CT molecular complexity index is 938. The number of urea groups is 1. The summed E-state index contributed by atoms with van der Waals surface area (Å²) in [6.07, 6.45) is 6.06. The summed E-state index contributed by atoms with van der Waals surface area (Å²) in [4.78, 5) is 26.2. The molecule has 0 aliphatic rings. The molecule has 3 rings (SSSR count). The number of carbonyl (C=O) groups is 1. The highest BCUT2D eigenvalue weighted by Gasteiger charge is 2.11. The lowest BCUT2D eigenvalue weighted by atomic mass is 10.0. The standard InChI is InChI=1S/C18H20N6O/c1-4-11-5-6-20-9-13(11)15-7-12-8-16(23-18(25)24(2)3)21-10-14(12)17(19)22-15/h5-10H,4H2,1-3H3,(H2,19,22)(H,21,23,25). The molecule has 0 fully saturated rings. The molecule has 0 unspecified atom stereocenters. The van der Waals surface area contributed by atoms with Crippen molar-refractivity contribution in [3.05, 3.63) is 42.4 Å². The van der Waals surface area contributed by atoms with Crippen molar-refractivity contribution in [3.63, 3.8) is 0 Å². The third-order valence-corrected chi connectivity index (χ3v) is 3.95. The minimum absolute atomic E-state index is 0.241. The summed E-state index contributed by atoms with van der Waals surface area (Å²) in [6.45, 7) is 2.09. The maximum Gasteiger partial charge on any atom is 0.322 e. The molecule has 0 aliphatic heterocycles. The van der Waals surface area contributed by atoms with Gasteiger partial charge in [-0.25, -0.2) is 14.8 Å². The van der Waals surface area contributed by atoms with Gasteiger partial charge in [-0.3, -0.25) is 10.3 Å². The van der Waals surface area contributed by atoms with Gasteiger partial charge in [-0.1, -0.05) is 6.92 Å². The van der Waals surface area contributed by atoms with E-state index in [0.717, 1.165) is 34.0 Å². The number of rotatable bonds is 3. The molecule has 25 heavy (non-hydrogen) atoms. The zero-order valence-corrected chi connectivity index (χ0v) is 14.4. The van der Waals surface area contributed by atoms with E-state index in [9.17, 15) is 4.79 Å². The second kappa shape index (κ2) is 6.72. The van der Waals surface area contributed by atoms with Crippen molar-refractivity contribution >= 4 is 28.4 Å². The summed E-state index contributed by atoms with van der Waals surface area (Å²) in [6, 6.07) is 5.47. The summed E-state index contributed by atoms with van der Waals surface area (Å²) >= 11 is 0. The van der Waals surface area contributed by atoms with Crippen LogP contribution in [0.25, 0.3) is 22.0 Å². The SMILES string of the molecule is CCc1ccncc1-c1cc2cc(NC(=O)N(C)C)ncc2c(N)n1. The molecule has 128 valence electrons. The minimum atomic E-state index is -0.241. The van der Waals surface area contributed by atoms with Crippen LogP contribution in [0, 0.1) is 0 Å². The maximum atomic E-state index is 11.8. The zero-order valence-electron chi connectivity index (χ0n) is 14.4. The first-order chi connectivity index (χ1) is 12.0. The van der Waals surface area contributed by atoms with Crippen molar-refractivity contribution in [1.82, 2.24) is 19.9 Å². The third kappa shape index (κ3) is 3.35. The molecule has 7 heteroatoms. The molecule has 3 aromatic rings. The number of pyridine rings is 3. The number of amides is 2. The van der Waals surface area contributed by atoms with Crippen molar-refractivity contribution in [3.8, 4) is 11.3 Å². The van der Waals surface area contributed by atoms with Gasteiger partial charge in [0.2, 0.25) is 0 Å². The summed E-state index contributed by atoms with van der Waals surface area (Å²) in [5, 5.41) is 4.34. The third-order valence-electron chi connectivity index (χ3n) is 3.95. The van der Waals surface area contributed by atoms with E-state index in [-0.39, 0.29) is 6.03 Å². The lowest BCUT2D eigenvalue weighted by Crippen LogP contribution is -2.27. The first-order valence-corrected chi connectivity index (χ1v) is 7.97. The highest BCUT2D eigenvalue weighted by atomic mass is 16.2. The van der Waals surface area contributed by atoms with Gasteiger partial charge in [0.05, 0.1) is 5.69 Å². The second-order valence-electron chi connectivity index (χ2n) is 5.89. The van der Waals surface area contributed by atoms with E-state index >= 15 is 0 Å². The normalized spacial score (nSPS) is 10.7. The summed E-state index contributed by atoms with van der Waals surface area (Å²) in [7, 11) is 3.34. The van der Waals surface area contributed by atoms with E-state index < -0.39 is 0 Å². The van der Waals surface area contributed by atoms with Gasteiger partial charge in [-0.05, 0) is 35.6 Å². The number of fused-ring (bicyclic) bond motifs is 1. The quantitative estimate of drug-likeness (QED) is 0.766. The lowest BCUT2D eigenvalue weighted by molar-refractivity contribution is 0.230. The van der Waals surface area contributed by atoms with Crippen molar-refractivity contribution in [2.45, 2.75) is 13.3 Å². The van der Waals surface area contributed by atoms with Crippen LogP contribution in [0.15, 0.2) is 36.8 Å². The van der Waals surface area contributed by atoms with Crippen LogP contribution in [0.3, 0.4) is 0 Å². The van der Waals surface area contributed by atoms with Crippen molar-refractivity contribution in [1.29, 1.82) is 0 Å². The molecule has 7 nitrogen and oxygen atoms in total. The fourth-order valence-corrected chi connectivity index (χ4v) is 2.56. The van der Waals surface area contributed by atoms with E-state index in [2.05, 4.69) is 27.2 Å². The molecule has 0 saturated heterocycles. The van der Waals surface area contributed by atoms with E-state index in [1.54, 1.807) is 38.8 Å². The van der Waals surface area contributed by atoms with Crippen molar-refractivity contribution in [2.75, 3.05) is 25.1 Å². The van der Waals surface area contributed by atoms with Gasteiger partial charge >= 0.3 is 6.03 Å². The number of nitrogens with two attached hydrogens (primary N) is 1. The van der Waals surface area contributed by atoms with Gasteiger partial charge in [-0.15, -0.1) is 0 Å². The molecule has 0 saturated carbocycles. The fourth-order valence-electron chi connectivity index (χ4n) is 2.56. The molecule has 2 amide bonds. The number of hydrogen-bond donors (Lipinski definition) is 2. The van der Waals surface area contributed by atoms with Gasteiger partial charge in [0.15, 0.2) is 0 Å². The topological polar surface area (TPSA) is 97.0 Å². The maximum absolute atomic E-state index is 11.8. The monoisotopic (exact) mass is 336 g/mol. The predicted molar refractivity (Wildman–Crippen MR) is 99.3 cm³/mol. The van der Waals surface area contributed by atoms with Gasteiger partial charge in [0.25, 0.3) is 0 Å². The number of nitrogens with one attached hydrogen (secondary N) is 1. The zero-order chi connectivity index (χ0) is 18.0. The van der Waals surface area contributed by atoms with Gasteiger partial charge < -0.3 is 10.6 Å². The van der Waals surface area contributed by atoms with Crippen LogP contribution < -0.4 is 11.1 Å². The summed E-state index contributed by atoms with van der Waals surface area (Å²) < 4.78 is 0. The molecule has 0 spiro atoms. The average molecular weight is 336 g/mol. The van der Waals surface area contributed by atoms with E-state index in [1.807, 2.05) is 12.1 Å². The fraction of sp³-hybridized carbons (Fsp3) is 0.222. The second-order valence-corrected chi connectivity index (χ2v) is 5.89. The Morgan fingerprint density at radius 2 is 2.08 bits per heavy atom. The van der Waals surface area contributed by atoms with Crippen LogP contribution in [-0.4, -0.2) is 40.0 Å². The number of nitrogens with zero attached hydrogens (tertiary/aromatic N) is 4. The Kier molecular flexibility index (Phi) is 4.47. The predicted octanol–water partition coefficient (Wildman–Crippen LogP) is 2.93. The van der Waals surface area contributed by atoms with Crippen LogP contribution in [0.5, 0.6) is 0 Å². The molecule has 3 N–H and O–H groups in total. The van der Waals surface area contributed by atoms with Gasteiger partial charge in [-0.2, -0.15) is 0 Å². The Morgan fingerprint density at radius 3 is 2.80 bits per heavy atom. The number of carbonyl (C=O) groups excluding carboxylic acids is 1. The molecule has 0 aromatic carbocycles. The molecule has 3 aromatic heterocycles. The van der Waals surface area contributed by atoms with Crippen LogP contribution in [-0.2, 0) is 6.42 Å². The molecule has 3 heterocycles. The summed E-state index contributed by atoms with van der Waals surface area (Å²) in [5.41, 5.74) is 8.98. The molecule has 0 atom stereocenters. The smallest absolute Gasteiger partial charge is 0.322 e. The largest absolute Gasteiger partial charge is 0.383 e.